The van der Waals surface area contributed by atoms with Crippen molar-refractivity contribution in [3.63, 3.8) is 0 Å². The third kappa shape index (κ3) is 6.06. The summed E-state index contributed by atoms with van der Waals surface area (Å²) in [5, 5.41) is 2.95. The van der Waals surface area contributed by atoms with Crippen molar-refractivity contribution in [1.29, 1.82) is 0 Å². The maximum absolute atomic E-state index is 11.7. The molecule has 0 aliphatic carbocycles. The molecule has 0 aliphatic heterocycles. The molecule has 19 heavy (non-hydrogen) atoms. The van der Waals surface area contributed by atoms with Gasteiger partial charge in [0, 0.05) is 23.4 Å². The van der Waals surface area contributed by atoms with Gasteiger partial charge >= 0.3 is 0 Å². The molecule has 0 radical (unpaired) electrons. The van der Waals surface area contributed by atoms with Crippen LogP contribution in [0.2, 0.25) is 0 Å². The lowest BCUT2D eigenvalue weighted by Crippen LogP contribution is -2.49. The number of carbonyl (C=O) groups excluding carboxylic acids is 1. The van der Waals surface area contributed by atoms with Gasteiger partial charge in [0.25, 0.3) is 0 Å². The van der Waals surface area contributed by atoms with Crippen LogP contribution in [0.3, 0.4) is 0 Å². The molecule has 0 spiro atoms. The van der Waals surface area contributed by atoms with Crippen LogP contribution in [0.15, 0.2) is 15.9 Å². The molecule has 0 unspecified atom stereocenters. The molecule has 0 saturated heterocycles. The minimum atomic E-state index is -0.256. The highest BCUT2D eigenvalue weighted by Gasteiger charge is 2.20. The van der Waals surface area contributed by atoms with E-state index < -0.39 is 0 Å². The lowest BCUT2D eigenvalue weighted by molar-refractivity contribution is -0.121. The van der Waals surface area contributed by atoms with Crippen molar-refractivity contribution in [3.05, 3.63) is 20.8 Å². The number of nitrogens with one attached hydrogen (secondary N) is 1. The van der Waals surface area contributed by atoms with Crippen LogP contribution in [-0.2, 0) is 11.2 Å². The second kappa shape index (κ2) is 8.02. The van der Waals surface area contributed by atoms with E-state index in [2.05, 4.69) is 41.2 Å². The molecule has 0 saturated carbocycles. The molecule has 0 aliphatic rings. The Bertz CT molecular complexity index is 402. The highest BCUT2D eigenvalue weighted by atomic mass is 79.9. The minimum Gasteiger partial charge on any atom is -0.354 e. The molecule has 0 aromatic carbocycles. The molecule has 1 amide bonds. The molecule has 1 heterocycles. The normalized spacial score (nSPS) is 11.6. The summed E-state index contributed by atoms with van der Waals surface area (Å²) in [7, 11) is 0. The first-order chi connectivity index (χ1) is 8.99. The number of halogens is 1. The van der Waals surface area contributed by atoms with Gasteiger partial charge in [-0.1, -0.05) is 13.8 Å². The summed E-state index contributed by atoms with van der Waals surface area (Å²) in [5.74, 6) is 0.104. The monoisotopic (exact) mass is 346 g/mol. The molecule has 0 fully saturated rings. The van der Waals surface area contributed by atoms with Gasteiger partial charge in [-0.2, -0.15) is 0 Å². The Kier molecular flexibility index (Phi) is 7.04. The Balaban J connectivity index is 2.21. The average Bonchev–Trinajstić information content (AvgIpc) is 2.82. The molecule has 0 atom stereocenters. The van der Waals surface area contributed by atoms with Gasteiger partial charge in [-0.05, 0) is 53.7 Å². The van der Waals surface area contributed by atoms with Crippen LogP contribution in [0.25, 0.3) is 0 Å². The standard InChI is InChI=1S/C14H23BrN2OS/c1-3-14(16,4-2)10-17-13(18)7-5-6-11-8-9-12(15)19-11/h8-9H,3-7,10,16H2,1-2H3,(H,17,18). The van der Waals surface area contributed by atoms with Gasteiger partial charge in [-0.3, -0.25) is 4.79 Å². The second-order valence-corrected chi connectivity index (χ2v) is 7.45. The van der Waals surface area contributed by atoms with E-state index in [4.69, 9.17) is 5.73 Å². The van der Waals surface area contributed by atoms with E-state index >= 15 is 0 Å². The largest absolute Gasteiger partial charge is 0.354 e. The van der Waals surface area contributed by atoms with Gasteiger partial charge < -0.3 is 11.1 Å². The zero-order valence-electron chi connectivity index (χ0n) is 11.7. The first kappa shape index (κ1) is 16.7. The van der Waals surface area contributed by atoms with Crippen LogP contribution in [0.1, 0.15) is 44.4 Å². The summed E-state index contributed by atoms with van der Waals surface area (Å²) in [6, 6.07) is 4.15. The number of carbonyl (C=O) groups is 1. The molecule has 1 rings (SSSR count). The summed E-state index contributed by atoms with van der Waals surface area (Å²) < 4.78 is 1.14. The Morgan fingerprint density at radius 2 is 2.11 bits per heavy atom. The topological polar surface area (TPSA) is 55.1 Å². The quantitative estimate of drug-likeness (QED) is 0.757. The lowest BCUT2D eigenvalue weighted by atomic mass is 9.94. The summed E-state index contributed by atoms with van der Waals surface area (Å²) >= 11 is 5.17. The number of rotatable bonds is 8. The van der Waals surface area contributed by atoms with Crippen LogP contribution in [0, 0.1) is 0 Å². The summed E-state index contributed by atoms with van der Waals surface area (Å²) in [4.78, 5) is 13.1. The molecule has 1 aromatic rings. The molecule has 1 aromatic heterocycles. The fourth-order valence-electron chi connectivity index (χ4n) is 1.77. The van der Waals surface area contributed by atoms with E-state index in [9.17, 15) is 4.79 Å². The molecule has 108 valence electrons. The highest BCUT2D eigenvalue weighted by molar-refractivity contribution is 9.11. The Morgan fingerprint density at radius 1 is 1.42 bits per heavy atom. The van der Waals surface area contributed by atoms with Crippen molar-refractivity contribution in [2.24, 2.45) is 5.73 Å². The smallest absolute Gasteiger partial charge is 0.220 e. The van der Waals surface area contributed by atoms with Crippen LogP contribution >= 0.6 is 27.3 Å². The third-order valence-electron chi connectivity index (χ3n) is 3.50. The summed E-state index contributed by atoms with van der Waals surface area (Å²) in [6.07, 6.45) is 4.17. The molecular weight excluding hydrogens is 324 g/mol. The Morgan fingerprint density at radius 3 is 2.63 bits per heavy atom. The minimum absolute atomic E-state index is 0.104. The zero-order chi connectivity index (χ0) is 14.3. The lowest BCUT2D eigenvalue weighted by Gasteiger charge is -2.26. The predicted molar refractivity (Wildman–Crippen MR) is 85.5 cm³/mol. The van der Waals surface area contributed by atoms with Gasteiger partial charge in [0.1, 0.15) is 0 Å². The second-order valence-electron chi connectivity index (χ2n) is 4.91. The first-order valence-electron chi connectivity index (χ1n) is 6.79. The van der Waals surface area contributed by atoms with Crippen LogP contribution in [0.4, 0.5) is 0 Å². The van der Waals surface area contributed by atoms with E-state index in [0.29, 0.717) is 13.0 Å². The number of thiophene rings is 1. The van der Waals surface area contributed by atoms with Gasteiger partial charge in [0.2, 0.25) is 5.91 Å². The van der Waals surface area contributed by atoms with Crippen molar-refractivity contribution in [2.45, 2.75) is 51.5 Å². The molecule has 3 nitrogen and oxygen atoms in total. The fraction of sp³-hybridized carbons (Fsp3) is 0.643. The SMILES string of the molecule is CCC(N)(CC)CNC(=O)CCCc1ccc(Br)s1. The fourth-order valence-corrected chi connectivity index (χ4v) is 3.30. The van der Waals surface area contributed by atoms with Crippen LogP contribution in [0.5, 0.6) is 0 Å². The van der Waals surface area contributed by atoms with Gasteiger partial charge in [-0.15, -0.1) is 11.3 Å². The Labute approximate surface area is 128 Å². The number of hydrogen-bond donors (Lipinski definition) is 2. The zero-order valence-corrected chi connectivity index (χ0v) is 14.1. The van der Waals surface area contributed by atoms with E-state index in [1.807, 2.05) is 6.07 Å². The average molecular weight is 347 g/mol. The van der Waals surface area contributed by atoms with Crippen molar-refractivity contribution in [1.82, 2.24) is 5.32 Å². The van der Waals surface area contributed by atoms with Crippen LogP contribution < -0.4 is 11.1 Å². The number of hydrogen-bond acceptors (Lipinski definition) is 3. The van der Waals surface area contributed by atoms with E-state index in [0.717, 1.165) is 29.5 Å². The van der Waals surface area contributed by atoms with Gasteiger partial charge in [0.15, 0.2) is 0 Å². The maximum atomic E-state index is 11.7. The van der Waals surface area contributed by atoms with Crippen LogP contribution in [-0.4, -0.2) is 18.0 Å². The van der Waals surface area contributed by atoms with Gasteiger partial charge in [-0.25, -0.2) is 0 Å². The van der Waals surface area contributed by atoms with E-state index in [1.54, 1.807) is 11.3 Å². The molecule has 3 N–H and O–H groups in total. The van der Waals surface area contributed by atoms with Crippen molar-refractivity contribution in [2.75, 3.05) is 6.54 Å². The predicted octanol–water partition coefficient (Wildman–Crippen LogP) is 3.47. The van der Waals surface area contributed by atoms with Crippen molar-refractivity contribution < 1.29 is 4.79 Å². The molecule has 0 bridgehead atoms. The van der Waals surface area contributed by atoms with E-state index in [-0.39, 0.29) is 11.4 Å². The number of nitrogens with two attached hydrogens (primary N) is 1. The number of aryl methyl sites for hydroxylation is 1. The van der Waals surface area contributed by atoms with Gasteiger partial charge in [0.05, 0.1) is 3.79 Å². The third-order valence-corrected chi connectivity index (χ3v) is 5.19. The molecular formula is C14H23BrN2OS. The van der Waals surface area contributed by atoms with Crippen molar-refractivity contribution >= 4 is 33.2 Å². The summed E-state index contributed by atoms with van der Waals surface area (Å²) in [5.41, 5.74) is 5.89. The molecule has 5 heteroatoms. The first-order valence-corrected chi connectivity index (χ1v) is 8.40. The Hall–Kier alpha value is -0.390. The maximum Gasteiger partial charge on any atom is 0.220 e. The summed E-state index contributed by atoms with van der Waals surface area (Å²) in [6.45, 7) is 4.69. The highest BCUT2D eigenvalue weighted by Crippen LogP contribution is 2.23. The van der Waals surface area contributed by atoms with Crippen molar-refractivity contribution in [3.8, 4) is 0 Å². The number of amides is 1. The van der Waals surface area contributed by atoms with E-state index in [1.165, 1.54) is 4.88 Å².